The molecule has 0 aromatic heterocycles. The molecule has 0 aliphatic carbocycles. The highest BCUT2D eigenvalue weighted by molar-refractivity contribution is 5.69. The van der Waals surface area contributed by atoms with Crippen LogP contribution in [0.15, 0.2) is 67.3 Å². The maximum atomic E-state index is 3.36. The summed E-state index contributed by atoms with van der Waals surface area (Å²) in [5, 5.41) is 0. The molecule has 0 atom stereocenters. The fourth-order valence-corrected chi connectivity index (χ4v) is 1.62. The van der Waals surface area contributed by atoms with Crippen molar-refractivity contribution in [3.05, 3.63) is 83.9 Å². The molecule has 0 unspecified atom stereocenters. The van der Waals surface area contributed by atoms with Crippen LogP contribution in [0.5, 0.6) is 0 Å². The van der Waals surface area contributed by atoms with E-state index in [-0.39, 0.29) is 0 Å². The smallest absolute Gasteiger partial charge is 0.0256 e. The lowest BCUT2D eigenvalue weighted by molar-refractivity contribution is 1.14. The molecular formula is C21H28. The first-order valence-electron chi connectivity index (χ1n) is 7.69. The normalized spacial score (nSPS) is 9.14. The summed E-state index contributed by atoms with van der Waals surface area (Å²) in [4.78, 5) is 0. The highest BCUT2D eigenvalue weighted by atomic mass is 13.9. The van der Waals surface area contributed by atoms with E-state index in [0.29, 0.717) is 0 Å². The molecule has 0 saturated carbocycles. The topological polar surface area (TPSA) is 0 Å². The van der Waals surface area contributed by atoms with Crippen molar-refractivity contribution in [3.8, 4) is 0 Å². The van der Waals surface area contributed by atoms with Crippen molar-refractivity contribution < 1.29 is 0 Å². The predicted molar refractivity (Wildman–Crippen MR) is 98.4 cm³/mol. The molecular weight excluding hydrogens is 252 g/mol. The van der Waals surface area contributed by atoms with E-state index >= 15 is 0 Å². The van der Waals surface area contributed by atoms with E-state index in [2.05, 4.69) is 74.2 Å². The molecule has 21 heavy (non-hydrogen) atoms. The van der Waals surface area contributed by atoms with Gasteiger partial charge in [-0.3, -0.25) is 0 Å². The van der Waals surface area contributed by atoms with Crippen LogP contribution >= 0.6 is 0 Å². The van der Waals surface area contributed by atoms with Gasteiger partial charge in [-0.15, -0.1) is 6.58 Å². The van der Waals surface area contributed by atoms with E-state index in [1.807, 2.05) is 26.8 Å². The summed E-state index contributed by atoms with van der Waals surface area (Å²) in [5.74, 6) is 0. The Labute approximate surface area is 130 Å². The highest BCUT2D eigenvalue weighted by Crippen LogP contribution is 2.09. The Bertz CT molecular complexity index is 489. The summed E-state index contributed by atoms with van der Waals surface area (Å²) in [6.45, 7) is 11.4. The van der Waals surface area contributed by atoms with Crippen LogP contribution in [0, 0.1) is 0 Å². The molecule has 0 N–H and O–H groups in total. The average Bonchev–Trinajstić information content (AvgIpc) is 2.57. The van der Waals surface area contributed by atoms with Crippen molar-refractivity contribution >= 4 is 12.2 Å². The zero-order valence-electron chi connectivity index (χ0n) is 13.8. The van der Waals surface area contributed by atoms with Crippen LogP contribution in [0.2, 0.25) is 0 Å². The summed E-state index contributed by atoms with van der Waals surface area (Å²) >= 11 is 0. The molecule has 0 heteroatoms. The van der Waals surface area contributed by atoms with E-state index in [4.69, 9.17) is 0 Å². The molecule has 0 radical (unpaired) electrons. The first-order chi connectivity index (χ1) is 10.3. The Morgan fingerprint density at radius 1 is 0.810 bits per heavy atom. The lowest BCUT2D eigenvalue weighted by Crippen LogP contribution is -1.79. The van der Waals surface area contributed by atoms with Gasteiger partial charge in [-0.2, -0.15) is 0 Å². The Morgan fingerprint density at radius 3 is 1.67 bits per heavy atom. The third-order valence-corrected chi connectivity index (χ3v) is 2.66. The Morgan fingerprint density at radius 2 is 1.24 bits per heavy atom. The van der Waals surface area contributed by atoms with Crippen molar-refractivity contribution in [2.45, 2.75) is 34.1 Å². The molecule has 0 fully saturated rings. The van der Waals surface area contributed by atoms with Crippen molar-refractivity contribution in [1.29, 1.82) is 0 Å². The van der Waals surface area contributed by atoms with Crippen LogP contribution in [0.3, 0.4) is 0 Å². The fourth-order valence-electron chi connectivity index (χ4n) is 1.62. The van der Waals surface area contributed by atoms with Gasteiger partial charge in [0.25, 0.3) is 0 Å². The molecule has 112 valence electrons. The largest absolute Gasteiger partial charge is 0.103 e. The summed E-state index contributed by atoms with van der Waals surface area (Å²) in [5.41, 5.74) is 3.87. The average molecular weight is 280 g/mol. The summed E-state index contributed by atoms with van der Waals surface area (Å²) in [7, 11) is 0. The molecule has 0 heterocycles. The maximum absolute atomic E-state index is 3.36. The number of allylic oxidation sites excluding steroid dienone is 1. The summed E-state index contributed by atoms with van der Waals surface area (Å²) < 4.78 is 0. The van der Waals surface area contributed by atoms with Crippen LogP contribution in [0.4, 0.5) is 0 Å². The molecule has 2 aromatic carbocycles. The quantitative estimate of drug-likeness (QED) is 0.437. The Balaban J connectivity index is 0.000000713. The number of rotatable bonds is 3. The third kappa shape index (κ3) is 8.65. The van der Waals surface area contributed by atoms with Gasteiger partial charge in [0.1, 0.15) is 0 Å². The molecule has 0 nitrogen and oxygen atoms in total. The second-order valence-electron chi connectivity index (χ2n) is 4.25. The highest BCUT2D eigenvalue weighted by Gasteiger charge is 1.89. The minimum Gasteiger partial charge on any atom is -0.103 e. The van der Waals surface area contributed by atoms with Crippen LogP contribution in [0.1, 0.15) is 44.4 Å². The van der Waals surface area contributed by atoms with E-state index in [0.717, 1.165) is 6.42 Å². The minimum atomic E-state index is 1.10. The van der Waals surface area contributed by atoms with Crippen LogP contribution in [0.25, 0.3) is 12.2 Å². The van der Waals surface area contributed by atoms with Gasteiger partial charge in [0, 0.05) is 0 Å². The van der Waals surface area contributed by atoms with Gasteiger partial charge in [-0.1, -0.05) is 93.6 Å². The molecule has 0 bridgehead atoms. The summed E-state index contributed by atoms with van der Waals surface area (Å²) in [6, 6.07) is 19.1. The predicted octanol–water partition coefficient (Wildman–Crippen LogP) is 6.64. The summed E-state index contributed by atoms with van der Waals surface area (Å²) in [6.07, 6.45) is 7.14. The van der Waals surface area contributed by atoms with E-state index in [1.165, 1.54) is 16.7 Å². The number of benzene rings is 2. The number of hydrogen-bond acceptors (Lipinski definition) is 0. The monoisotopic (exact) mass is 280 g/mol. The van der Waals surface area contributed by atoms with Gasteiger partial charge in [-0.05, 0) is 30.0 Å². The second kappa shape index (κ2) is 12.9. The van der Waals surface area contributed by atoms with Crippen molar-refractivity contribution in [3.63, 3.8) is 0 Å². The van der Waals surface area contributed by atoms with E-state index < -0.39 is 0 Å². The van der Waals surface area contributed by atoms with Crippen molar-refractivity contribution in [2.24, 2.45) is 0 Å². The zero-order chi connectivity index (χ0) is 15.9. The Kier molecular flexibility index (Phi) is 11.6. The van der Waals surface area contributed by atoms with Gasteiger partial charge in [0.15, 0.2) is 0 Å². The van der Waals surface area contributed by atoms with Crippen LogP contribution in [-0.2, 0) is 6.42 Å². The standard InChI is InChI=1S/C16H16.C3H6.C2H6/c1-2-14-8-10-16(11-9-14)13-12-15-6-4-3-5-7-15;1-3-2;1-2/h3-13H,2H2,1H3;3H,1H2,2H3;1-2H3/b13-12+;;. The van der Waals surface area contributed by atoms with Gasteiger partial charge >= 0.3 is 0 Å². The van der Waals surface area contributed by atoms with Crippen molar-refractivity contribution in [1.82, 2.24) is 0 Å². The van der Waals surface area contributed by atoms with E-state index in [9.17, 15) is 0 Å². The van der Waals surface area contributed by atoms with Crippen LogP contribution < -0.4 is 0 Å². The molecule has 0 aliphatic heterocycles. The first-order valence-corrected chi connectivity index (χ1v) is 7.69. The minimum absolute atomic E-state index is 1.10. The Hall–Kier alpha value is -2.08. The van der Waals surface area contributed by atoms with E-state index in [1.54, 1.807) is 6.08 Å². The molecule has 0 amide bonds. The molecule has 0 spiro atoms. The van der Waals surface area contributed by atoms with Gasteiger partial charge in [-0.25, -0.2) is 0 Å². The van der Waals surface area contributed by atoms with Gasteiger partial charge < -0.3 is 0 Å². The zero-order valence-corrected chi connectivity index (χ0v) is 13.8. The molecule has 0 saturated heterocycles. The third-order valence-electron chi connectivity index (χ3n) is 2.66. The fraction of sp³-hybridized carbons (Fsp3) is 0.238. The van der Waals surface area contributed by atoms with Crippen molar-refractivity contribution in [2.75, 3.05) is 0 Å². The molecule has 2 aromatic rings. The lowest BCUT2D eigenvalue weighted by atomic mass is 10.1. The van der Waals surface area contributed by atoms with Crippen LogP contribution in [-0.4, -0.2) is 0 Å². The lowest BCUT2D eigenvalue weighted by Gasteiger charge is -1.97. The first kappa shape index (κ1) is 18.9. The maximum Gasteiger partial charge on any atom is -0.0256 e. The number of hydrogen-bond donors (Lipinski definition) is 0. The molecule has 2 rings (SSSR count). The van der Waals surface area contributed by atoms with Gasteiger partial charge in [0.05, 0.1) is 0 Å². The second-order valence-corrected chi connectivity index (χ2v) is 4.25. The number of aryl methyl sites for hydroxylation is 1. The molecule has 0 aliphatic rings. The van der Waals surface area contributed by atoms with Gasteiger partial charge in [0.2, 0.25) is 0 Å². The SMILES string of the molecule is C=CC.CC.CCc1ccc(/C=C/c2ccccc2)cc1.